The predicted octanol–water partition coefficient (Wildman–Crippen LogP) is 4.22. The summed E-state index contributed by atoms with van der Waals surface area (Å²) >= 11 is 0. The summed E-state index contributed by atoms with van der Waals surface area (Å²) in [6.45, 7) is 8.86. The van der Waals surface area contributed by atoms with Crippen LogP contribution in [0.3, 0.4) is 0 Å². The van der Waals surface area contributed by atoms with Crippen molar-refractivity contribution in [2.24, 2.45) is 0 Å². The molecule has 4 nitrogen and oxygen atoms in total. The van der Waals surface area contributed by atoms with E-state index in [0.29, 0.717) is 5.41 Å². The fourth-order valence-electron chi connectivity index (χ4n) is 4.40. The lowest BCUT2D eigenvalue weighted by Crippen LogP contribution is -2.54. The van der Waals surface area contributed by atoms with Crippen LogP contribution in [0.5, 0.6) is 0 Å². The molecule has 1 aliphatic carbocycles. The molecule has 2 aliphatic heterocycles. The molecule has 0 atom stereocenters. The van der Waals surface area contributed by atoms with Gasteiger partial charge in [-0.05, 0) is 81.6 Å². The van der Waals surface area contributed by atoms with Crippen molar-refractivity contribution in [2.75, 3.05) is 31.5 Å². The summed E-state index contributed by atoms with van der Waals surface area (Å²) in [7, 11) is 0. The third-order valence-corrected chi connectivity index (χ3v) is 6.83. The highest BCUT2D eigenvalue weighted by Crippen LogP contribution is 2.47. The molecule has 0 bridgehead atoms. The zero-order valence-electron chi connectivity index (χ0n) is 15.7. The van der Waals surface area contributed by atoms with Crippen LogP contribution in [-0.2, 0) is 5.41 Å². The Morgan fingerprint density at radius 1 is 0.920 bits per heavy atom. The van der Waals surface area contributed by atoms with E-state index in [2.05, 4.69) is 48.3 Å². The topological polar surface area (TPSA) is 35.6 Å². The van der Waals surface area contributed by atoms with E-state index < -0.39 is 0 Å². The zero-order valence-corrected chi connectivity index (χ0v) is 15.7. The number of hydrogen-bond donors (Lipinski definition) is 1. The standard InChI is InChI=1S/C21H31N3O/c1-20(9-10-20)17-5-7-18(8-6-17)22-19(25)23-15-11-21(2,12-16-23)24-13-3-4-14-24/h5-8H,3-4,9-16H2,1-2H3,(H,22,25). The Balaban J connectivity index is 1.31. The molecule has 25 heavy (non-hydrogen) atoms. The lowest BCUT2D eigenvalue weighted by Gasteiger charge is -2.45. The lowest BCUT2D eigenvalue weighted by molar-refractivity contribution is 0.0652. The second kappa shape index (κ2) is 6.31. The summed E-state index contributed by atoms with van der Waals surface area (Å²) in [6, 6.07) is 8.49. The molecule has 0 radical (unpaired) electrons. The molecule has 2 amide bonds. The molecule has 0 spiro atoms. The SMILES string of the molecule is CC1(c2ccc(NC(=O)N3CCC(C)(N4CCCC4)CC3)cc2)CC1. The number of likely N-dealkylation sites (tertiary alicyclic amines) is 2. The molecule has 0 unspecified atom stereocenters. The largest absolute Gasteiger partial charge is 0.324 e. The average molecular weight is 341 g/mol. The number of hydrogen-bond acceptors (Lipinski definition) is 2. The van der Waals surface area contributed by atoms with Crippen LogP contribution in [0.1, 0.15) is 57.9 Å². The summed E-state index contributed by atoms with van der Waals surface area (Å²) in [5.74, 6) is 0. The van der Waals surface area contributed by atoms with Crippen LogP contribution in [-0.4, -0.2) is 47.5 Å². The first-order chi connectivity index (χ1) is 12.0. The van der Waals surface area contributed by atoms with Crippen LogP contribution in [0, 0.1) is 0 Å². The van der Waals surface area contributed by atoms with E-state index in [-0.39, 0.29) is 11.6 Å². The molecule has 136 valence electrons. The van der Waals surface area contributed by atoms with Gasteiger partial charge in [0.25, 0.3) is 0 Å². The molecule has 1 N–H and O–H groups in total. The number of carbonyl (C=O) groups is 1. The molecule has 1 saturated carbocycles. The Labute approximate surface area is 151 Å². The van der Waals surface area contributed by atoms with E-state index in [1.54, 1.807) is 0 Å². The van der Waals surface area contributed by atoms with Crippen molar-refractivity contribution < 1.29 is 4.79 Å². The van der Waals surface area contributed by atoms with Crippen molar-refractivity contribution in [2.45, 2.75) is 63.3 Å². The predicted molar refractivity (Wildman–Crippen MR) is 102 cm³/mol. The van der Waals surface area contributed by atoms with E-state index >= 15 is 0 Å². The Morgan fingerprint density at radius 3 is 2.08 bits per heavy atom. The van der Waals surface area contributed by atoms with Crippen LogP contribution in [0.25, 0.3) is 0 Å². The van der Waals surface area contributed by atoms with Gasteiger partial charge in [-0.25, -0.2) is 4.79 Å². The van der Waals surface area contributed by atoms with Crippen molar-refractivity contribution in [1.29, 1.82) is 0 Å². The van der Waals surface area contributed by atoms with E-state index in [1.807, 2.05) is 4.90 Å². The molecule has 0 aromatic heterocycles. The minimum Gasteiger partial charge on any atom is -0.324 e. The zero-order chi connectivity index (χ0) is 17.5. The third-order valence-electron chi connectivity index (χ3n) is 6.83. The molecule has 3 aliphatic rings. The second-order valence-electron chi connectivity index (χ2n) is 8.75. The minimum absolute atomic E-state index is 0.0499. The minimum atomic E-state index is 0.0499. The molecule has 1 aromatic carbocycles. The quantitative estimate of drug-likeness (QED) is 0.893. The van der Waals surface area contributed by atoms with Gasteiger partial charge in [-0.15, -0.1) is 0 Å². The molecular weight excluding hydrogens is 310 g/mol. The lowest BCUT2D eigenvalue weighted by atomic mass is 9.88. The van der Waals surface area contributed by atoms with E-state index in [9.17, 15) is 4.79 Å². The van der Waals surface area contributed by atoms with Crippen molar-refractivity contribution >= 4 is 11.7 Å². The molecule has 1 aromatic rings. The van der Waals surface area contributed by atoms with Crippen molar-refractivity contribution in [3.8, 4) is 0 Å². The highest BCUT2D eigenvalue weighted by molar-refractivity contribution is 5.89. The van der Waals surface area contributed by atoms with Gasteiger partial charge in [0.1, 0.15) is 0 Å². The summed E-state index contributed by atoms with van der Waals surface area (Å²) < 4.78 is 0. The number of rotatable bonds is 3. The molecule has 4 heteroatoms. The fourth-order valence-corrected chi connectivity index (χ4v) is 4.40. The van der Waals surface area contributed by atoms with Gasteiger partial charge >= 0.3 is 6.03 Å². The first kappa shape index (κ1) is 16.9. The van der Waals surface area contributed by atoms with E-state index in [0.717, 1.165) is 31.6 Å². The molecule has 3 fully saturated rings. The number of nitrogens with one attached hydrogen (secondary N) is 1. The van der Waals surface area contributed by atoms with E-state index in [4.69, 9.17) is 0 Å². The maximum Gasteiger partial charge on any atom is 0.321 e. The number of carbonyl (C=O) groups excluding carboxylic acids is 1. The second-order valence-corrected chi connectivity index (χ2v) is 8.75. The van der Waals surface area contributed by atoms with Gasteiger partial charge in [0.15, 0.2) is 0 Å². The van der Waals surface area contributed by atoms with Crippen LogP contribution < -0.4 is 5.32 Å². The number of piperidine rings is 1. The van der Waals surface area contributed by atoms with Gasteiger partial charge < -0.3 is 10.2 Å². The maximum absolute atomic E-state index is 12.6. The highest BCUT2D eigenvalue weighted by Gasteiger charge is 2.39. The van der Waals surface area contributed by atoms with Crippen LogP contribution in [0.2, 0.25) is 0 Å². The van der Waals surface area contributed by atoms with Gasteiger partial charge in [-0.1, -0.05) is 19.1 Å². The molecule has 2 saturated heterocycles. The number of anilines is 1. The van der Waals surface area contributed by atoms with Gasteiger partial charge in [0, 0.05) is 24.3 Å². The first-order valence-electron chi connectivity index (χ1n) is 9.90. The van der Waals surface area contributed by atoms with Crippen LogP contribution >= 0.6 is 0 Å². The van der Waals surface area contributed by atoms with Gasteiger partial charge in [-0.3, -0.25) is 4.90 Å². The summed E-state index contributed by atoms with van der Waals surface area (Å²) in [4.78, 5) is 17.2. The fraction of sp³-hybridized carbons (Fsp3) is 0.667. The number of urea groups is 1. The molecular formula is C21H31N3O. The molecule has 2 heterocycles. The summed E-state index contributed by atoms with van der Waals surface area (Å²) in [6.07, 6.45) is 7.38. The summed E-state index contributed by atoms with van der Waals surface area (Å²) in [5.41, 5.74) is 2.97. The van der Waals surface area contributed by atoms with Crippen LogP contribution in [0.15, 0.2) is 24.3 Å². The Morgan fingerprint density at radius 2 is 1.52 bits per heavy atom. The van der Waals surface area contributed by atoms with Crippen molar-refractivity contribution in [3.05, 3.63) is 29.8 Å². The Bertz CT molecular complexity index is 621. The number of benzene rings is 1. The normalized spacial score (nSPS) is 25.0. The van der Waals surface area contributed by atoms with Crippen molar-refractivity contribution in [1.82, 2.24) is 9.80 Å². The van der Waals surface area contributed by atoms with Crippen LogP contribution in [0.4, 0.5) is 10.5 Å². The average Bonchev–Trinajstić information content (AvgIpc) is 3.13. The highest BCUT2D eigenvalue weighted by atomic mass is 16.2. The smallest absolute Gasteiger partial charge is 0.321 e. The first-order valence-corrected chi connectivity index (χ1v) is 9.90. The third kappa shape index (κ3) is 3.41. The molecule has 4 rings (SSSR count). The van der Waals surface area contributed by atoms with Gasteiger partial charge in [-0.2, -0.15) is 0 Å². The van der Waals surface area contributed by atoms with E-state index in [1.165, 1.54) is 44.3 Å². The Hall–Kier alpha value is -1.55. The van der Waals surface area contributed by atoms with Gasteiger partial charge in [0.2, 0.25) is 0 Å². The summed E-state index contributed by atoms with van der Waals surface area (Å²) in [5, 5.41) is 3.08. The number of amides is 2. The Kier molecular flexibility index (Phi) is 4.27. The monoisotopic (exact) mass is 341 g/mol. The maximum atomic E-state index is 12.6. The van der Waals surface area contributed by atoms with Crippen molar-refractivity contribution in [3.63, 3.8) is 0 Å². The van der Waals surface area contributed by atoms with Gasteiger partial charge in [0.05, 0.1) is 0 Å². The number of nitrogens with zero attached hydrogens (tertiary/aromatic N) is 2.